The normalized spacial score (nSPS) is 45.5. The third-order valence-corrected chi connectivity index (χ3v) is 5.21. The van der Waals surface area contributed by atoms with E-state index in [1.165, 1.54) is 32.1 Å². The number of hydrogen-bond donors (Lipinski definition) is 0. The minimum absolute atomic E-state index is 1.01. The van der Waals surface area contributed by atoms with E-state index in [-0.39, 0.29) is 0 Å². The molecule has 1 unspecified atom stereocenters. The van der Waals surface area contributed by atoms with E-state index in [0.29, 0.717) is 0 Å². The van der Waals surface area contributed by atoms with Crippen LogP contribution in [0.4, 0.5) is 0 Å². The van der Waals surface area contributed by atoms with E-state index in [1.807, 2.05) is 5.57 Å². The van der Waals surface area contributed by atoms with E-state index in [2.05, 4.69) is 22.6 Å². The van der Waals surface area contributed by atoms with Crippen molar-refractivity contribution in [3.63, 3.8) is 0 Å². The van der Waals surface area contributed by atoms with Gasteiger partial charge in [0.15, 0.2) is 0 Å². The van der Waals surface area contributed by atoms with Crippen molar-refractivity contribution in [2.45, 2.75) is 32.1 Å². The summed E-state index contributed by atoms with van der Waals surface area (Å²) in [7, 11) is 0. The summed E-state index contributed by atoms with van der Waals surface area (Å²) < 4.78 is 1.78. The third kappa shape index (κ3) is 0.865. The van der Waals surface area contributed by atoms with Gasteiger partial charge in [-0.25, -0.2) is 0 Å². The van der Waals surface area contributed by atoms with Gasteiger partial charge in [-0.15, -0.1) is 0 Å². The molecule has 1 heteroatoms. The van der Waals surface area contributed by atoms with E-state index in [1.54, 1.807) is 3.58 Å². The highest BCUT2D eigenvalue weighted by Crippen LogP contribution is 2.64. The lowest BCUT2D eigenvalue weighted by Crippen LogP contribution is -2.10. The molecule has 0 saturated heterocycles. The van der Waals surface area contributed by atoms with Gasteiger partial charge in [-0.1, -0.05) is 12.0 Å². The summed E-state index contributed by atoms with van der Waals surface area (Å²) in [6.45, 7) is 0. The van der Waals surface area contributed by atoms with Crippen LogP contribution in [0.1, 0.15) is 32.1 Å². The van der Waals surface area contributed by atoms with Crippen LogP contribution in [-0.4, -0.2) is 0 Å². The van der Waals surface area contributed by atoms with Gasteiger partial charge in [-0.05, 0) is 69.6 Å². The Labute approximate surface area is 81.6 Å². The first-order chi connectivity index (χ1) is 5.38. The van der Waals surface area contributed by atoms with Crippen molar-refractivity contribution in [3.05, 3.63) is 9.15 Å². The number of halogens is 1. The molecule has 0 spiro atoms. The van der Waals surface area contributed by atoms with Gasteiger partial charge in [-0.3, -0.25) is 0 Å². The molecule has 0 amide bonds. The second kappa shape index (κ2) is 2.24. The fourth-order valence-electron chi connectivity index (χ4n) is 2.44. The van der Waals surface area contributed by atoms with Crippen molar-refractivity contribution in [1.29, 1.82) is 0 Å². The molecule has 0 nitrogen and oxygen atoms in total. The zero-order valence-corrected chi connectivity index (χ0v) is 8.80. The summed E-state index contributed by atoms with van der Waals surface area (Å²) in [6, 6.07) is 0. The molecule has 3 rings (SSSR count). The number of allylic oxidation sites excluding steroid dienone is 2. The van der Waals surface area contributed by atoms with Crippen LogP contribution in [0.5, 0.6) is 0 Å². The molecule has 11 heavy (non-hydrogen) atoms. The van der Waals surface area contributed by atoms with Crippen molar-refractivity contribution in [2.24, 2.45) is 17.8 Å². The van der Waals surface area contributed by atoms with E-state index in [9.17, 15) is 0 Å². The van der Waals surface area contributed by atoms with Gasteiger partial charge in [0.2, 0.25) is 0 Å². The van der Waals surface area contributed by atoms with E-state index in [0.717, 1.165) is 17.8 Å². The van der Waals surface area contributed by atoms with Crippen molar-refractivity contribution >= 4 is 22.6 Å². The van der Waals surface area contributed by atoms with Gasteiger partial charge < -0.3 is 0 Å². The fourth-order valence-corrected chi connectivity index (χ4v) is 3.86. The van der Waals surface area contributed by atoms with Crippen LogP contribution in [0.3, 0.4) is 0 Å². The van der Waals surface area contributed by atoms with Crippen LogP contribution >= 0.6 is 22.6 Å². The van der Waals surface area contributed by atoms with Gasteiger partial charge in [0.25, 0.3) is 0 Å². The predicted molar refractivity (Wildman–Crippen MR) is 54.6 cm³/mol. The molecular weight excluding hydrogens is 247 g/mol. The molecule has 60 valence electrons. The second-order valence-electron chi connectivity index (χ2n) is 4.22. The third-order valence-electron chi connectivity index (χ3n) is 3.70. The Morgan fingerprint density at radius 3 is 2.09 bits per heavy atom. The zero-order valence-electron chi connectivity index (χ0n) is 6.65. The maximum Gasteiger partial charge on any atom is -0.00650 e. The van der Waals surface area contributed by atoms with Gasteiger partial charge in [0.1, 0.15) is 0 Å². The molecule has 0 aromatic rings. The van der Waals surface area contributed by atoms with Crippen LogP contribution < -0.4 is 0 Å². The quantitative estimate of drug-likeness (QED) is 0.633. The topological polar surface area (TPSA) is 0 Å². The second-order valence-corrected chi connectivity index (χ2v) is 5.38. The molecule has 0 N–H and O–H groups in total. The van der Waals surface area contributed by atoms with E-state index in [4.69, 9.17) is 0 Å². The Hall–Kier alpha value is 0.470. The van der Waals surface area contributed by atoms with Gasteiger partial charge in [0, 0.05) is 0 Å². The van der Waals surface area contributed by atoms with Gasteiger partial charge >= 0.3 is 0 Å². The van der Waals surface area contributed by atoms with Crippen LogP contribution in [0.2, 0.25) is 0 Å². The maximum atomic E-state index is 2.62. The highest BCUT2D eigenvalue weighted by Gasteiger charge is 2.53. The molecule has 0 radical (unpaired) electrons. The van der Waals surface area contributed by atoms with Crippen molar-refractivity contribution in [1.82, 2.24) is 0 Å². The Balaban J connectivity index is 1.81. The lowest BCUT2D eigenvalue weighted by atomic mass is 9.85. The standard InChI is InChI=1S/C10H13I/c11-10(6-2-1-3-6)9-7-4-5-8(7)9/h6-8H,1-5H2/t7-,8?/m0/s1. The lowest BCUT2D eigenvalue weighted by molar-refractivity contribution is 0.384. The molecule has 0 bridgehead atoms. The molecule has 3 aliphatic rings. The van der Waals surface area contributed by atoms with Crippen LogP contribution in [-0.2, 0) is 0 Å². The molecule has 3 aliphatic carbocycles. The monoisotopic (exact) mass is 260 g/mol. The fraction of sp³-hybridized carbons (Fsp3) is 0.800. The van der Waals surface area contributed by atoms with Crippen molar-refractivity contribution in [2.75, 3.05) is 0 Å². The van der Waals surface area contributed by atoms with Crippen LogP contribution in [0, 0.1) is 17.8 Å². The summed E-state index contributed by atoms with van der Waals surface area (Å²) in [5, 5.41) is 0. The SMILES string of the molecule is IC(=C1C2CC[C@H]12)C1CCC1. The number of rotatable bonds is 1. The predicted octanol–water partition coefficient (Wildman–Crippen LogP) is 3.52. The Bertz CT molecular complexity index is 213. The average molecular weight is 260 g/mol. The first-order valence-electron chi connectivity index (χ1n) is 4.77. The average Bonchev–Trinajstić information content (AvgIpc) is 2.28. The minimum atomic E-state index is 1.01. The summed E-state index contributed by atoms with van der Waals surface area (Å²) in [6.07, 6.45) is 7.49. The summed E-state index contributed by atoms with van der Waals surface area (Å²) in [5.41, 5.74) is 1.88. The molecule has 0 aromatic heterocycles. The van der Waals surface area contributed by atoms with Crippen LogP contribution in [0.15, 0.2) is 9.15 Å². The largest absolute Gasteiger partial charge is 0.0533 e. The highest BCUT2D eigenvalue weighted by molar-refractivity contribution is 14.1. The molecule has 3 saturated carbocycles. The number of fused-ring (bicyclic) bond motifs is 1. The molecule has 0 aromatic carbocycles. The van der Waals surface area contributed by atoms with Gasteiger partial charge in [-0.2, -0.15) is 0 Å². The maximum absolute atomic E-state index is 2.62. The summed E-state index contributed by atoms with van der Waals surface area (Å²) >= 11 is 2.62. The van der Waals surface area contributed by atoms with Gasteiger partial charge in [0.05, 0.1) is 0 Å². The van der Waals surface area contributed by atoms with Crippen molar-refractivity contribution < 1.29 is 0 Å². The Kier molecular flexibility index (Phi) is 1.41. The van der Waals surface area contributed by atoms with Crippen LogP contribution in [0.25, 0.3) is 0 Å². The molecule has 0 aliphatic heterocycles. The Morgan fingerprint density at radius 1 is 1.09 bits per heavy atom. The lowest BCUT2D eigenvalue weighted by Gasteiger charge is -2.25. The summed E-state index contributed by atoms with van der Waals surface area (Å²) in [5.74, 6) is 3.18. The molecule has 0 heterocycles. The van der Waals surface area contributed by atoms with E-state index >= 15 is 0 Å². The molecule has 3 fully saturated rings. The first-order valence-corrected chi connectivity index (χ1v) is 5.85. The number of hydrogen-bond acceptors (Lipinski definition) is 0. The smallest absolute Gasteiger partial charge is 0.00650 e. The first kappa shape index (κ1) is 6.93. The highest BCUT2D eigenvalue weighted by atomic mass is 127. The Morgan fingerprint density at radius 2 is 1.73 bits per heavy atom. The zero-order chi connectivity index (χ0) is 7.42. The minimum Gasteiger partial charge on any atom is -0.0533 e. The molecular formula is C10H13I. The molecule has 2 atom stereocenters. The van der Waals surface area contributed by atoms with Crippen molar-refractivity contribution in [3.8, 4) is 0 Å². The summed E-state index contributed by atoms with van der Waals surface area (Å²) in [4.78, 5) is 0. The van der Waals surface area contributed by atoms with E-state index < -0.39 is 0 Å².